The fourth-order valence-corrected chi connectivity index (χ4v) is 5.97. The number of amides is 4. The third-order valence-electron chi connectivity index (χ3n) is 8.57. The smallest absolute Gasteiger partial charge is 0.269 e. The number of pyridine rings is 2. The van der Waals surface area contributed by atoms with Crippen LogP contribution in [0.5, 0.6) is 0 Å². The van der Waals surface area contributed by atoms with E-state index in [4.69, 9.17) is 0 Å². The molecule has 2 aromatic heterocycles. The molecule has 2 fully saturated rings. The Hall–Kier alpha value is -3.82. The molecule has 4 amide bonds. The average Bonchev–Trinajstić information content (AvgIpc) is 3.00. The van der Waals surface area contributed by atoms with Gasteiger partial charge in [0, 0.05) is 26.2 Å². The largest absolute Gasteiger partial charge is 0.350 e. The zero-order valence-corrected chi connectivity index (χ0v) is 22.8. The van der Waals surface area contributed by atoms with Crippen LogP contribution in [0.1, 0.15) is 93.3 Å². The van der Waals surface area contributed by atoms with Crippen molar-refractivity contribution in [3.8, 4) is 0 Å². The molecule has 2 aliphatic carbocycles. The van der Waals surface area contributed by atoms with Crippen LogP contribution in [-0.4, -0.2) is 59.8 Å². The van der Waals surface area contributed by atoms with Crippen LogP contribution in [-0.2, 0) is 0 Å². The number of hydrogen-bond donors (Lipinski definition) is 4. The number of carbonyl (C=O) groups is 4. The zero-order valence-electron chi connectivity index (χ0n) is 22.8. The second kappa shape index (κ2) is 13.0. The SMILES string of the molecule is O=C1NCC2CCC(CC2)CNC(=O)c2cccc(n2)C(=O)NCC2CCC(CC2)CNC(=O)c2cccc1n2. The number of hydrogen-bond acceptors (Lipinski definition) is 6. The molecule has 8 bridgehead atoms. The minimum atomic E-state index is -0.273. The van der Waals surface area contributed by atoms with Crippen molar-refractivity contribution < 1.29 is 19.2 Å². The lowest BCUT2D eigenvalue weighted by Gasteiger charge is -2.29. The minimum absolute atomic E-state index is 0.241. The Bertz CT molecular complexity index is 1050. The predicted molar refractivity (Wildman–Crippen MR) is 149 cm³/mol. The molecule has 0 aromatic carbocycles. The molecule has 40 heavy (non-hydrogen) atoms. The van der Waals surface area contributed by atoms with E-state index in [0.717, 1.165) is 51.4 Å². The molecule has 6 aliphatic rings. The van der Waals surface area contributed by atoms with Gasteiger partial charge in [-0.2, -0.15) is 0 Å². The van der Waals surface area contributed by atoms with E-state index in [9.17, 15) is 19.2 Å². The second-order valence-corrected chi connectivity index (χ2v) is 11.4. The minimum Gasteiger partial charge on any atom is -0.350 e. The Morgan fingerprint density at radius 3 is 0.875 bits per heavy atom. The Morgan fingerprint density at radius 1 is 0.425 bits per heavy atom. The molecule has 10 nitrogen and oxygen atoms in total. The van der Waals surface area contributed by atoms with Gasteiger partial charge >= 0.3 is 0 Å². The van der Waals surface area contributed by atoms with Gasteiger partial charge < -0.3 is 21.3 Å². The normalized spacial score (nSPS) is 26.8. The summed E-state index contributed by atoms with van der Waals surface area (Å²) in [6.07, 6.45) is 7.61. The van der Waals surface area contributed by atoms with Crippen LogP contribution in [0.15, 0.2) is 36.4 Å². The maximum Gasteiger partial charge on any atom is 0.269 e. The summed E-state index contributed by atoms with van der Waals surface area (Å²) in [4.78, 5) is 59.7. The van der Waals surface area contributed by atoms with Gasteiger partial charge in [-0.05, 0) is 99.3 Å². The first-order chi connectivity index (χ1) is 19.4. The standard InChI is InChI=1S/C30H38N6O4/c37-27-23-3-1-4-24(35-23)28(38)32-16-20-9-13-22(14-10-20)18-34-30(40)26-6-2-5-25(36-26)29(39)33-17-21-11-7-19(8-12-21)15-31-27/h1-6,19-22H,7-18H2,(H,31,37)(H,32,38)(H,33,39)(H,34,40). The fraction of sp³-hybridized carbons (Fsp3) is 0.533. The summed E-state index contributed by atoms with van der Waals surface area (Å²) < 4.78 is 0. The van der Waals surface area contributed by atoms with Gasteiger partial charge in [0.1, 0.15) is 22.8 Å². The topological polar surface area (TPSA) is 142 Å². The number of nitrogens with one attached hydrogen (secondary N) is 4. The van der Waals surface area contributed by atoms with Crippen LogP contribution in [0.25, 0.3) is 0 Å². The van der Waals surface area contributed by atoms with Gasteiger partial charge in [-0.1, -0.05) is 12.1 Å². The van der Waals surface area contributed by atoms with E-state index in [-0.39, 0.29) is 46.4 Å². The first-order valence-electron chi connectivity index (χ1n) is 14.5. The van der Waals surface area contributed by atoms with E-state index in [1.807, 2.05) is 0 Å². The van der Waals surface area contributed by atoms with Gasteiger partial charge in [-0.3, -0.25) is 19.2 Å². The van der Waals surface area contributed by atoms with Crippen molar-refractivity contribution in [1.82, 2.24) is 31.2 Å². The molecule has 0 spiro atoms. The van der Waals surface area contributed by atoms with Crippen LogP contribution in [0, 0.1) is 23.7 Å². The van der Waals surface area contributed by atoms with Crippen molar-refractivity contribution in [2.75, 3.05) is 26.2 Å². The summed E-state index contributed by atoms with van der Waals surface area (Å²) in [7, 11) is 0. The Morgan fingerprint density at radius 2 is 0.650 bits per heavy atom. The lowest BCUT2D eigenvalue weighted by atomic mass is 9.82. The highest BCUT2D eigenvalue weighted by Crippen LogP contribution is 2.29. The fourth-order valence-electron chi connectivity index (χ4n) is 5.97. The third-order valence-corrected chi connectivity index (χ3v) is 8.57. The Labute approximate surface area is 234 Å². The van der Waals surface area contributed by atoms with Crippen LogP contribution in [0.2, 0.25) is 0 Å². The molecule has 4 aliphatic heterocycles. The zero-order chi connectivity index (χ0) is 27.9. The van der Waals surface area contributed by atoms with Gasteiger partial charge in [0.2, 0.25) is 0 Å². The summed E-state index contributed by atoms with van der Waals surface area (Å²) >= 11 is 0. The Kier molecular flexibility index (Phi) is 9.03. The average molecular weight is 547 g/mol. The van der Waals surface area contributed by atoms with Gasteiger partial charge in [-0.25, -0.2) is 9.97 Å². The number of nitrogens with zero attached hydrogens (tertiary/aromatic N) is 2. The highest BCUT2D eigenvalue weighted by atomic mass is 16.2. The van der Waals surface area contributed by atoms with Gasteiger partial charge in [0.25, 0.3) is 23.6 Å². The first-order valence-corrected chi connectivity index (χ1v) is 14.5. The molecule has 4 N–H and O–H groups in total. The van der Waals surface area contributed by atoms with E-state index < -0.39 is 0 Å². The van der Waals surface area contributed by atoms with E-state index in [0.29, 0.717) is 49.9 Å². The third kappa shape index (κ3) is 7.22. The van der Waals surface area contributed by atoms with Gasteiger partial charge in [-0.15, -0.1) is 0 Å². The molecule has 8 rings (SSSR count). The van der Waals surface area contributed by atoms with Crippen molar-refractivity contribution in [1.29, 1.82) is 0 Å². The van der Waals surface area contributed by atoms with E-state index in [2.05, 4.69) is 31.2 Å². The highest BCUT2D eigenvalue weighted by Gasteiger charge is 2.25. The molecule has 2 aromatic rings. The number of rotatable bonds is 0. The molecule has 0 radical (unpaired) electrons. The van der Waals surface area contributed by atoms with Crippen LogP contribution >= 0.6 is 0 Å². The highest BCUT2D eigenvalue weighted by molar-refractivity contribution is 5.97. The molecule has 10 heteroatoms. The van der Waals surface area contributed by atoms with Crippen molar-refractivity contribution in [3.05, 3.63) is 59.2 Å². The summed E-state index contributed by atoms with van der Waals surface area (Å²) in [5.74, 6) is 0.328. The molecule has 2 saturated carbocycles. The number of carbonyl (C=O) groups excluding carboxylic acids is 4. The van der Waals surface area contributed by atoms with E-state index in [1.165, 1.54) is 0 Å². The maximum atomic E-state index is 12.8. The molecule has 6 heterocycles. The quantitative estimate of drug-likeness (QED) is 0.400. The summed E-state index contributed by atoms with van der Waals surface area (Å²) in [5.41, 5.74) is 0.966. The maximum absolute atomic E-state index is 12.8. The van der Waals surface area contributed by atoms with Gasteiger partial charge in [0.15, 0.2) is 0 Å². The molecular weight excluding hydrogens is 508 g/mol. The molecule has 212 valence electrons. The molecule has 0 atom stereocenters. The molecular formula is C30H38N6O4. The van der Waals surface area contributed by atoms with Crippen molar-refractivity contribution in [2.45, 2.75) is 51.4 Å². The van der Waals surface area contributed by atoms with Gasteiger partial charge in [0.05, 0.1) is 0 Å². The van der Waals surface area contributed by atoms with Crippen molar-refractivity contribution in [2.24, 2.45) is 23.7 Å². The lowest BCUT2D eigenvalue weighted by molar-refractivity contribution is 0.0906. The monoisotopic (exact) mass is 546 g/mol. The number of aromatic nitrogens is 2. The van der Waals surface area contributed by atoms with Crippen molar-refractivity contribution in [3.63, 3.8) is 0 Å². The molecule has 0 unspecified atom stereocenters. The lowest BCUT2D eigenvalue weighted by Crippen LogP contribution is -2.36. The van der Waals surface area contributed by atoms with Crippen LogP contribution < -0.4 is 21.3 Å². The predicted octanol–water partition coefficient (Wildman–Crippen LogP) is 2.72. The summed E-state index contributed by atoms with van der Waals surface area (Å²) in [5, 5.41) is 11.9. The summed E-state index contributed by atoms with van der Waals surface area (Å²) in [6.45, 7) is 2.21. The molecule has 0 saturated heterocycles. The van der Waals surface area contributed by atoms with Crippen LogP contribution in [0.4, 0.5) is 0 Å². The van der Waals surface area contributed by atoms with E-state index >= 15 is 0 Å². The Balaban J connectivity index is 1.25. The second-order valence-electron chi connectivity index (χ2n) is 11.4. The summed E-state index contributed by atoms with van der Waals surface area (Å²) in [6, 6.07) is 9.90. The van der Waals surface area contributed by atoms with E-state index in [1.54, 1.807) is 36.4 Å². The van der Waals surface area contributed by atoms with Crippen LogP contribution in [0.3, 0.4) is 0 Å². The first kappa shape index (κ1) is 27.7. The van der Waals surface area contributed by atoms with Crippen molar-refractivity contribution >= 4 is 23.6 Å².